The van der Waals surface area contributed by atoms with E-state index in [4.69, 9.17) is 10.2 Å². The molecule has 2 fully saturated rings. The summed E-state index contributed by atoms with van der Waals surface area (Å²) in [6.07, 6.45) is -1.10. The molecule has 1 unspecified atom stereocenters. The van der Waals surface area contributed by atoms with E-state index >= 15 is 0 Å². The van der Waals surface area contributed by atoms with Crippen LogP contribution in [0.15, 0.2) is 0 Å². The van der Waals surface area contributed by atoms with Crippen LogP contribution in [0.5, 0.6) is 0 Å². The van der Waals surface area contributed by atoms with E-state index in [0.29, 0.717) is 12.8 Å². The highest BCUT2D eigenvalue weighted by molar-refractivity contribution is 5.68. The van der Waals surface area contributed by atoms with Crippen LogP contribution in [0.2, 0.25) is 0 Å². The second kappa shape index (κ2) is 3.51. The van der Waals surface area contributed by atoms with E-state index in [1.165, 1.54) is 0 Å². The Balaban J connectivity index is 2.13. The fourth-order valence-electron chi connectivity index (χ4n) is 2.11. The Morgan fingerprint density at radius 1 is 1.12 bits per heavy atom. The highest BCUT2D eigenvalue weighted by Crippen LogP contribution is 2.41. The second-order valence-corrected chi connectivity index (χ2v) is 4.32. The highest BCUT2D eigenvalue weighted by atomic mass is 16.4. The lowest BCUT2D eigenvalue weighted by Gasteiger charge is -2.41. The van der Waals surface area contributed by atoms with Crippen molar-refractivity contribution in [3.63, 3.8) is 0 Å². The lowest BCUT2D eigenvalue weighted by Crippen LogP contribution is -2.60. The van der Waals surface area contributed by atoms with Gasteiger partial charge in [-0.25, -0.2) is 9.59 Å². The van der Waals surface area contributed by atoms with Crippen molar-refractivity contribution in [2.75, 3.05) is 19.6 Å². The Morgan fingerprint density at radius 3 is 2.19 bits per heavy atom. The van der Waals surface area contributed by atoms with Crippen LogP contribution in [0, 0.1) is 0 Å². The van der Waals surface area contributed by atoms with E-state index in [9.17, 15) is 14.7 Å². The Labute approximate surface area is 91.9 Å². The Bertz CT molecular complexity index is 328. The van der Waals surface area contributed by atoms with Crippen molar-refractivity contribution in [2.24, 2.45) is 0 Å². The first-order valence-corrected chi connectivity index (χ1v) is 5.14. The van der Waals surface area contributed by atoms with Crippen molar-refractivity contribution < 1.29 is 24.9 Å². The van der Waals surface area contributed by atoms with Gasteiger partial charge in [-0.15, -0.1) is 0 Å². The summed E-state index contributed by atoms with van der Waals surface area (Å²) in [4.78, 5) is 24.1. The van der Waals surface area contributed by atoms with Crippen LogP contribution < -0.4 is 0 Å². The van der Waals surface area contributed by atoms with Gasteiger partial charge in [-0.2, -0.15) is 0 Å². The molecule has 1 aliphatic heterocycles. The molecule has 7 heteroatoms. The van der Waals surface area contributed by atoms with Gasteiger partial charge >= 0.3 is 12.2 Å². The number of aliphatic hydroxyl groups is 1. The number of carbonyl (C=O) groups is 2. The molecule has 0 spiro atoms. The van der Waals surface area contributed by atoms with Gasteiger partial charge in [0, 0.05) is 19.6 Å². The number of hydrogen-bond donors (Lipinski definition) is 3. The monoisotopic (exact) mass is 230 g/mol. The van der Waals surface area contributed by atoms with Crippen LogP contribution in [0.3, 0.4) is 0 Å². The molecule has 1 atom stereocenters. The van der Waals surface area contributed by atoms with Gasteiger partial charge < -0.3 is 20.2 Å². The molecule has 16 heavy (non-hydrogen) atoms. The van der Waals surface area contributed by atoms with Crippen molar-refractivity contribution >= 4 is 12.2 Å². The SMILES string of the molecule is O=C(O)N1CCN(C(=O)O)C(C2(O)CC2)C1. The van der Waals surface area contributed by atoms with Gasteiger partial charge in [0.15, 0.2) is 0 Å². The first-order valence-electron chi connectivity index (χ1n) is 5.14. The molecule has 90 valence electrons. The van der Waals surface area contributed by atoms with E-state index < -0.39 is 23.8 Å². The minimum Gasteiger partial charge on any atom is -0.465 e. The van der Waals surface area contributed by atoms with Gasteiger partial charge in [0.2, 0.25) is 0 Å². The minimum atomic E-state index is -1.10. The maximum Gasteiger partial charge on any atom is 0.407 e. The van der Waals surface area contributed by atoms with Crippen molar-refractivity contribution in [2.45, 2.75) is 24.5 Å². The molecule has 0 aromatic heterocycles. The topological polar surface area (TPSA) is 101 Å². The Kier molecular flexibility index (Phi) is 2.42. The van der Waals surface area contributed by atoms with E-state index in [1.54, 1.807) is 0 Å². The van der Waals surface area contributed by atoms with Crippen molar-refractivity contribution in [3.05, 3.63) is 0 Å². The minimum absolute atomic E-state index is 0.0537. The first-order chi connectivity index (χ1) is 7.44. The van der Waals surface area contributed by atoms with Crippen LogP contribution in [-0.2, 0) is 0 Å². The third kappa shape index (κ3) is 1.78. The maximum absolute atomic E-state index is 11.0. The molecular weight excluding hydrogens is 216 g/mol. The zero-order valence-corrected chi connectivity index (χ0v) is 8.67. The molecule has 7 nitrogen and oxygen atoms in total. The molecule has 1 saturated heterocycles. The Hall–Kier alpha value is -1.50. The second-order valence-electron chi connectivity index (χ2n) is 4.32. The smallest absolute Gasteiger partial charge is 0.407 e. The zero-order chi connectivity index (χ0) is 11.9. The molecule has 2 rings (SSSR count). The largest absolute Gasteiger partial charge is 0.465 e. The predicted octanol–water partition coefficient (Wildman–Crippen LogP) is -0.146. The molecule has 0 aromatic rings. The Morgan fingerprint density at radius 2 is 1.75 bits per heavy atom. The highest BCUT2D eigenvalue weighted by Gasteiger charge is 2.53. The number of carboxylic acid groups (broad SMARTS) is 2. The molecule has 2 amide bonds. The molecule has 0 aromatic carbocycles. The number of amides is 2. The van der Waals surface area contributed by atoms with Crippen molar-refractivity contribution in [1.29, 1.82) is 0 Å². The molecule has 3 N–H and O–H groups in total. The van der Waals surface area contributed by atoms with Gasteiger partial charge in [-0.05, 0) is 12.8 Å². The quantitative estimate of drug-likeness (QED) is 0.581. The predicted molar refractivity (Wildman–Crippen MR) is 52.3 cm³/mol. The lowest BCUT2D eigenvalue weighted by molar-refractivity contribution is -0.00872. The zero-order valence-electron chi connectivity index (χ0n) is 8.67. The summed E-state index contributed by atoms with van der Waals surface area (Å²) in [5.41, 5.74) is -1.02. The van der Waals surface area contributed by atoms with E-state index in [2.05, 4.69) is 0 Å². The average Bonchev–Trinajstić information content (AvgIpc) is 2.96. The fraction of sp³-hybridized carbons (Fsp3) is 0.778. The third-order valence-electron chi connectivity index (χ3n) is 3.28. The van der Waals surface area contributed by atoms with E-state index in [0.717, 1.165) is 9.80 Å². The number of nitrogens with zero attached hydrogens (tertiary/aromatic N) is 2. The third-order valence-corrected chi connectivity index (χ3v) is 3.28. The molecular formula is C9H14N2O5. The van der Waals surface area contributed by atoms with Crippen LogP contribution in [0.4, 0.5) is 9.59 Å². The normalized spacial score (nSPS) is 27.7. The van der Waals surface area contributed by atoms with Crippen molar-refractivity contribution in [1.82, 2.24) is 9.80 Å². The van der Waals surface area contributed by atoms with E-state index in [1.807, 2.05) is 0 Å². The van der Waals surface area contributed by atoms with Crippen LogP contribution >= 0.6 is 0 Å². The molecule has 1 aliphatic carbocycles. The molecule has 0 bridgehead atoms. The molecule has 0 radical (unpaired) electrons. The molecule has 1 saturated carbocycles. The molecule has 2 aliphatic rings. The molecule has 1 heterocycles. The summed E-state index contributed by atoms with van der Waals surface area (Å²) in [5.74, 6) is 0. The van der Waals surface area contributed by atoms with E-state index in [-0.39, 0.29) is 19.6 Å². The average molecular weight is 230 g/mol. The summed E-state index contributed by atoms with van der Waals surface area (Å²) >= 11 is 0. The maximum atomic E-state index is 11.0. The lowest BCUT2D eigenvalue weighted by atomic mass is 10.0. The van der Waals surface area contributed by atoms with Crippen LogP contribution in [-0.4, -0.2) is 68.6 Å². The van der Waals surface area contributed by atoms with Gasteiger partial charge in [0.1, 0.15) is 0 Å². The summed E-state index contributed by atoms with van der Waals surface area (Å²) < 4.78 is 0. The fourth-order valence-corrected chi connectivity index (χ4v) is 2.11. The summed E-state index contributed by atoms with van der Waals surface area (Å²) in [5, 5.41) is 27.8. The number of hydrogen-bond acceptors (Lipinski definition) is 3. The summed E-state index contributed by atoms with van der Waals surface area (Å²) in [7, 11) is 0. The van der Waals surface area contributed by atoms with Crippen LogP contribution in [0.1, 0.15) is 12.8 Å². The van der Waals surface area contributed by atoms with Gasteiger partial charge in [0.05, 0.1) is 11.6 Å². The number of rotatable bonds is 1. The number of piperazine rings is 1. The summed E-state index contributed by atoms with van der Waals surface area (Å²) in [6, 6.07) is -0.630. The van der Waals surface area contributed by atoms with Crippen molar-refractivity contribution in [3.8, 4) is 0 Å². The van der Waals surface area contributed by atoms with Crippen LogP contribution in [0.25, 0.3) is 0 Å². The van der Waals surface area contributed by atoms with Gasteiger partial charge in [-0.3, -0.25) is 4.90 Å². The van der Waals surface area contributed by atoms with Gasteiger partial charge in [0.25, 0.3) is 0 Å². The first kappa shape index (κ1) is 11.0. The summed E-state index contributed by atoms with van der Waals surface area (Å²) in [6.45, 7) is 0.334. The standard InChI is InChI=1S/C9H14N2O5/c12-7(13)10-3-4-11(8(14)15)6(5-10)9(16)1-2-9/h6,16H,1-5H2,(H,12,13)(H,14,15). The van der Waals surface area contributed by atoms with Gasteiger partial charge in [-0.1, -0.05) is 0 Å².